The minimum atomic E-state index is -5.02. The van der Waals surface area contributed by atoms with E-state index < -0.39 is 41.5 Å². The van der Waals surface area contributed by atoms with Crippen molar-refractivity contribution in [3.63, 3.8) is 0 Å². The number of nitrogens with one attached hydrogen (secondary N) is 4. The van der Waals surface area contributed by atoms with Gasteiger partial charge in [0, 0.05) is 55.4 Å². The molecule has 0 spiro atoms. The molecule has 5 N–H and O–H groups in total. The highest BCUT2D eigenvalue weighted by molar-refractivity contribution is 9.11. The van der Waals surface area contributed by atoms with Crippen LogP contribution in [-0.4, -0.2) is 87.8 Å². The van der Waals surface area contributed by atoms with E-state index in [9.17, 15) is 51.0 Å². The lowest BCUT2D eigenvalue weighted by Crippen LogP contribution is -2.37. The lowest BCUT2D eigenvalue weighted by atomic mass is 9.98. The number of halogens is 7. The summed E-state index contributed by atoms with van der Waals surface area (Å²) in [4.78, 5) is 69.8. The number of hydrogen-bond acceptors (Lipinski definition) is 6. The normalized spacial score (nSPS) is 13.4. The molecule has 0 unspecified atom stereocenters. The molecule has 4 heterocycles. The van der Waals surface area contributed by atoms with Crippen LogP contribution in [0.1, 0.15) is 63.7 Å². The Kier molecular flexibility index (Phi) is 12.9. The molecule has 19 heteroatoms. The zero-order chi connectivity index (χ0) is 48.1. The molecule has 2 aromatic heterocycles. The number of H-pyrrole nitrogens is 2. The third kappa shape index (κ3) is 8.85. The molecule has 9 rings (SSSR count). The van der Waals surface area contributed by atoms with Gasteiger partial charge in [-0.1, -0.05) is 60.7 Å². The lowest BCUT2D eigenvalue weighted by molar-refractivity contribution is -0.184. The highest BCUT2D eigenvalue weighted by Crippen LogP contribution is 2.40. The number of benzene rings is 5. The second kappa shape index (κ2) is 18.5. The summed E-state index contributed by atoms with van der Waals surface area (Å²) in [6, 6.07) is 22.9. The first-order valence-corrected chi connectivity index (χ1v) is 22.1. The maximum atomic E-state index is 14.7. The number of hydrogen-bond donors (Lipinski definition) is 5. The number of carbonyl (C=O) groups is 5. The van der Waals surface area contributed by atoms with Crippen LogP contribution in [0.4, 0.5) is 22.0 Å². The van der Waals surface area contributed by atoms with Crippen molar-refractivity contribution in [2.24, 2.45) is 0 Å². The van der Waals surface area contributed by atoms with E-state index in [1.54, 1.807) is 24.3 Å². The van der Waals surface area contributed by atoms with Gasteiger partial charge in [-0.05, 0) is 109 Å². The minimum absolute atomic E-state index is 0.00370. The molecule has 0 saturated heterocycles. The topological polar surface area (TPSA) is 168 Å². The number of carboxylic acid groups (broad SMARTS) is 1. The molecule has 0 saturated carbocycles. The number of carbonyl (C=O) groups excluding carboxylic acids is 4. The summed E-state index contributed by atoms with van der Waals surface area (Å²) in [6.45, 7) is 0.907. The monoisotopic (exact) mass is 1050 g/mol. The average Bonchev–Trinajstić information content (AvgIpc) is 3.91. The first kappa shape index (κ1) is 46.8. The van der Waals surface area contributed by atoms with E-state index in [2.05, 4.69) is 76.7 Å². The maximum absolute atomic E-state index is 14.7. The van der Waals surface area contributed by atoms with Gasteiger partial charge in [-0.2, -0.15) is 13.2 Å². The summed E-state index contributed by atoms with van der Waals surface area (Å²) in [5.74, 6) is -5.88. The Bertz CT molecular complexity index is 3130. The Hall–Kier alpha value is -6.70. The molecule has 0 bridgehead atoms. The second-order valence-electron chi connectivity index (χ2n) is 15.8. The van der Waals surface area contributed by atoms with Gasteiger partial charge in [0.05, 0.1) is 42.2 Å². The lowest BCUT2D eigenvalue weighted by Gasteiger charge is -2.19. The van der Waals surface area contributed by atoms with Crippen molar-refractivity contribution in [1.82, 2.24) is 30.4 Å². The van der Waals surface area contributed by atoms with Crippen LogP contribution in [0.5, 0.6) is 0 Å². The summed E-state index contributed by atoms with van der Waals surface area (Å²) in [7, 11) is 2.94. The third-order valence-corrected chi connectivity index (χ3v) is 13.2. The number of alkyl halides is 3. The summed E-state index contributed by atoms with van der Waals surface area (Å²) >= 11 is 6.48. The third-order valence-electron chi connectivity index (χ3n) is 11.6. The van der Waals surface area contributed by atoms with Gasteiger partial charge in [0.1, 0.15) is 11.6 Å². The van der Waals surface area contributed by atoms with Gasteiger partial charge < -0.3 is 30.6 Å². The molecule has 4 amide bonds. The predicted molar refractivity (Wildman–Crippen MR) is 247 cm³/mol. The van der Waals surface area contributed by atoms with Crippen molar-refractivity contribution < 1.29 is 51.0 Å². The van der Waals surface area contributed by atoms with E-state index in [0.717, 1.165) is 46.8 Å². The molecule has 2 aliphatic rings. The molecule has 0 atom stereocenters. The number of amides is 4. The van der Waals surface area contributed by atoms with E-state index in [1.165, 1.54) is 35.9 Å². The van der Waals surface area contributed by atoms with Crippen LogP contribution < -0.4 is 10.6 Å². The average molecular weight is 1050 g/mol. The van der Waals surface area contributed by atoms with Gasteiger partial charge in [0.15, 0.2) is 0 Å². The molecule has 2 aliphatic heterocycles. The van der Waals surface area contributed by atoms with Gasteiger partial charge in [0.25, 0.3) is 17.7 Å². The zero-order valence-corrected chi connectivity index (χ0v) is 38.5. The fourth-order valence-electron chi connectivity index (χ4n) is 8.50. The fourth-order valence-corrected chi connectivity index (χ4v) is 9.32. The number of aromatic nitrogens is 2. The van der Waals surface area contributed by atoms with Crippen molar-refractivity contribution in [2.75, 3.05) is 27.2 Å². The van der Waals surface area contributed by atoms with Crippen LogP contribution in [0.25, 0.3) is 44.3 Å². The van der Waals surface area contributed by atoms with Gasteiger partial charge in [-0.15, -0.1) is 0 Å². The second-order valence-corrected chi connectivity index (χ2v) is 17.4. The van der Waals surface area contributed by atoms with Crippen molar-refractivity contribution in [2.45, 2.75) is 32.1 Å². The molecule has 0 aliphatic carbocycles. The molecule has 67 heavy (non-hydrogen) atoms. The number of fused-ring (bicyclic) bond motifs is 2. The quantitative estimate of drug-likeness (QED) is 0.0672. The molecule has 12 nitrogen and oxygen atoms in total. The van der Waals surface area contributed by atoms with Gasteiger partial charge in [0.2, 0.25) is 0 Å². The molecule has 0 fully saturated rings. The molecular formula is C48H37Br2F5N6O6. The van der Waals surface area contributed by atoms with Crippen molar-refractivity contribution in [1.29, 1.82) is 0 Å². The Labute approximate surface area is 394 Å². The van der Waals surface area contributed by atoms with E-state index in [-0.39, 0.29) is 57.5 Å². The van der Waals surface area contributed by atoms with Crippen LogP contribution in [0.2, 0.25) is 0 Å². The number of imide groups is 1. The largest absolute Gasteiger partial charge is 0.478 e. The van der Waals surface area contributed by atoms with E-state index in [1.807, 2.05) is 7.05 Å². The first-order chi connectivity index (χ1) is 31.9. The molecule has 7 aromatic rings. The van der Waals surface area contributed by atoms with Crippen LogP contribution in [0.15, 0.2) is 93.9 Å². The number of carboxylic acids is 1. The van der Waals surface area contributed by atoms with Crippen LogP contribution >= 0.6 is 31.9 Å². The molecular weight excluding hydrogens is 1010 g/mol. The molecule has 344 valence electrons. The highest BCUT2D eigenvalue weighted by Gasteiger charge is 2.41. The number of aromatic carboxylic acids is 1. The van der Waals surface area contributed by atoms with Crippen molar-refractivity contribution in [3.05, 3.63) is 150 Å². The summed E-state index contributed by atoms with van der Waals surface area (Å²) in [5.41, 5.74) is 7.14. The maximum Gasteiger partial charge on any atom is 0.471 e. The minimum Gasteiger partial charge on any atom is -0.478 e. The zero-order valence-electron chi connectivity index (χ0n) is 35.4. The highest BCUT2D eigenvalue weighted by atomic mass is 79.9. The summed E-state index contributed by atoms with van der Waals surface area (Å²) < 4.78 is 67.6. The van der Waals surface area contributed by atoms with Crippen molar-refractivity contribution >= 4 is 83.3 Å². The Morgan fingerprint density at radius 1 is 0.791 bits per heavy atom. The van der Waals surface area contributed by atoms with E-state index >= 15 is 0 Å². The standard InChI is InChI=1S/C29H20BrF4N3O5.C19H17BrFN3O/c1-36(28(42)29(32,33)34)13-14-6-8-15(9-7-14)23-18(21-19(27(40)41)12-20(31)22(30)24(21)35-23)10-11-37-25(38)16-4-2-3-5-17(16)26(37)39;1-22-9-10-2-4-11(5-3-10)17-12-6-7-23-19(25)13-8-14(21)16(20)18(24-17)15(12)13/h2-9,12,35H,10-11,13H2,1H3,(H,40,41);2-5,8,22,24H,6-7,9H2,1H3,(H,23,25). The van der Waals surface area contributed by atoms with Crippen LogP contribution in [-0.2, 0) is 30.7 Å². The fraction of sp³-hybridized carbons (Fsp3) is 0.188. The van der Waals surface area contributed by atoms with E-state index in [0.29, 0.717) is 55.8 Å². The smallest absolute Gasteiger partial charge is 0.471 e. The van der Waals surface area contributed by atoms with Gasteiger partial charge in [-0.25, -0.2) is 13.6 Å². The summed E-state index contributed by atoms with van der Waals surface area (Å²) in [6.07, 6.45) is -4.31. The SMILES string of the molecule is CN(Cc1ccc(-c2[nH]c3c(Br)c(F)cc(C(=O)O)c3c2CCN2C(=O)c3ccccc3C2=O)cc1)C(=O)C(F)(F)F.CNCc1ccc(-c2[nH]c3c(Br)c(F)cc4c3c2CCNC4=O)cc1. The Balaban J connectivity index is 0.000000206. The van der Waals surface area contributed by atoms with Crippen LogP contribution in [0, 0.1) is 11.6 Å². The Morgan fingerprint density at radius 3 is 1.93 bits per heavy atom. The number of rotatable bonds is 10. The summed E-state index contributed by atoms with van der Waals surface area (Å²) in [5, 5.41) is 16.8. The molecule has 0 radical (unpaired) electrons. The first-order valence-electron chi connectivity index (χ1n) is 20.6. The van der Waals surface area contributed by atoms with Gasteiger partial charge in [-0.3, -0.25) is 24.1 Å². The predicted octanol–water partition coefficient (Wildman–Crippen LogP) is 9.54. The van der Waals surface area contributed by atoms with Crippen LogP contribution in [0.3, 0.4) is 0 Å². The van der Waals surface area contributed by atoms with Gasteiger partial charge >= 0.3 is 18.1 Å². The van der Waals surface area contributed by atoms with E-state index in [4.69, 9.17) is 0 Å². The number of aromatic amines is 2. The van der Waals surface area contributed by atoms with Crippen molar-refractivity contribution in [3.8, 4) is 22.5 Å². The number of nitrogens with zero attached hydrogens (tertiary/aromatic N) is 2. The Morgan fingerprint density at radius 2 is 1.34 bits per heavy atom. The molecule has 5 aromatic carbocycles.